The van der Waals surface area contributed by atoms with E-state index >= 15 is 0 Å². The predicted molar refractivity (Wildman–Crippen MR) is 126 cm³/mol. The van der Waals surface area contributed by atoms with Gasteiger partial charge in [-0.3, -0.25) is 9.05 Å². The highest BCUT2D eigenvalue weighted by Gasteiger charge is 2.17. The van der Waals surface area contributed by atoms with Crippen LogP contribution >= 0.6 is 7.82 Å². The summed E-state index contributed by atoms with van der Waals surface area (Å²) in [4.78, 5) is 13.3. The zero-order valence-electron chi connectivity index (χ0n) is 19.3. The number of nitrogens with zero attached hydrogens (tertiary/aromatic N) is 2. The number of phosphoric ester groups is 1. The Morgan fingerprint density at radius 1 is 1.22 bits per heavy atom. The molecule has 10 nitrogen and oxygen atoms in total. The van der Waals surface area contributed by atoms with Crippen LogP contribution in [0.2, 0.25) is 0 Å². The Morgan fingerprint density at radius 2 is 2.00 bits per heavy atom. The van der Waals surface area contributed by atoms with Gasteiger partial charge in [-0.05, 0) is 35.5 Å². The lowest BCUT2D eigenvalue weighted by Crippen LogP contribution is -2.09. The molecule has 0 aliphatic rings. The normalized spacial score (nSPS) is 13.6. The summed E-state index contributed by atoms with van der Waals surface area (Å²) in [6.07, 6.45) is 6.89. The Balaban J connectivity index is 1.52. The van der Waals surface area contributed by atoms with Crippen LogP contribution in [0.5, 0.6) is 5.88 Å². The van der Waals surface area contributed by atoms with Gasteiger partial charge in [0.2, 0.25) is 5.88 Å². The number of allylic oxidation sites excluding steroid dienone is 2. The van der Waals surface area contributed by atoms with Crippen LogP contribution in [0, 0.1) is 11.6 Å². The van der Waals surface area contributed by atoms with E-state index in [1.165, 1.54) is 18.3 Å². The summed E-state index contributed by atoms with van der Waals surface area (Å²) in [6.45, 7) is -0.0559. The van der Waals surface area contributed by atoms with Crippen LogP contribution in [0.15, 0.2) is 65.5 Å². The Labute approximate surface area is 206 Å². The van der Waals surface area contributed by atoms with E-state index in [9.17, 15) is 13.3 Å². The van der Waals surface area contributed by atoms with Crippen LogP contribution in [0.4, 0.5) is 8.78 Å². The van der Waals surface area contributed by atoms with Gasteiger partial charge in [-0.25, -0.2) is 18.3 Å². The molecule has 0 saturated carbocycles. The molecule has 3 rings (SSSR count). The van der Waals surface area contributed by atoms with Crippen molar-refractivity contribution in [1.82, 2.24) is 15.5 Å². The second-order valence-corrected chi connectivity index (χ2v) is 8.87. The van der Waals surface area contributed by atoms with Gasteiger partial charge in [-0.2, -0.15) is 0 Å². The van der Waals surface area contributed by atoms with Crippen molar-refractivity contribution in [2.24, 2.45) is 5.73 Å². The fourth-order valence-electron chi connectivity index (χ4n) is 2.91. The second-order valence-electron chi connectivity index (χ2n) is 7.31. The fraction of sp³-hybridized carbons (Fsp3) is 0.217. The number of hydrogen-bond donors (Lipinski definition) is 3. The maximum atomic E-state index is 13.3. The summed E-state index contributed by atoms with van der Waals surface area (Å²) >= 11 is 0. The van der Waals surface area contributed by atoms with Crippen molar-refractivity contribution in [1.29, 1.82) is 0 Å². The molecule has 13 heteroatoms. The number of ether oxygens (including phenoxy) is 1. The van der Waals surface area contributed by atoms with Crippen molar-refractivity contribution in [2.45, 2.75) is 13.0 Å². The van der Waals surface area contributed by atoms with E-state index < -0.39 is 19.5 Å². The van der Waals surface area contributed by atoms with Crippen molar-refractivity contribution in [3.8, 4) is 5.88 Å². The molecular weight excluding hydrogens is 497 g/mol. The van der Waals surface area contributed by atoms with Crippen LogP contribution in [-0.2, 0) is 26.6 Å². The van der Waals surface area contributed by atoms with E-state index in [0.717, 1.165) is 18.7 Å². The van der Waals surface area contributed by atoms with E-state index in [1.54, 1.807) is 36.5 Å². The standard InChI is InChI=1S/C23H25F2N4O6P/c1-32-36(30,31)34-15-27-6-2-3-18(12-26)22-11-21(29-35-22)9-16-4-5-23(28-13-16)33-14-17-7-19(24)10-20(25)8-17/h2-8,10-11,13,27H,9,12,14-15,26H2,1H3,(H,30,31)/b6-2-,18-3+. The highest BCUT2D eigenvalue weighted by atomic mass is 31.2. The molecule has 1 unspecified atom stereocenters. The number of benzene rings is 1. The molecule has 4 N–H and O–H groups in total. The third-order valence-electron chi connectivity index (χ3n) is 4.64. The van der Waals surface area contributed by atoms with E-state index in [4.69, 9.17) is 19.9 Å². The Morgan fingerprint density at radius 3 is 2.67 bits per heavy atom. The molecule has 36 heavy (non-hydrogen) atoms. The average molecular weight is 522 g/mol. The van der Waals surface area contributed by atoms with Crippen LogP contribution in [0.1, 0.15) is 22.6 Å². The van der Waals surface area contributed by atoms with Gasteiger partial charge in [-0.15, -0.1) is 0 Å². The summed E-state index contributed by atoms with van der Waals surface area (Å²) in [5, 5.41) is 6.73. The lowest BCUT2D eigenvalue weighted by molar-refractivity contribution is 0.168. The van der Waals surface area contributed by atoms with Gasteiger partial charge in [0, 0.05) is 50.0 Å². The molecule has 192 valence electrons. The predicted octanol–water partition coefficient (Wildman–Crippen LogP) is 3.68. The van der Waals surface area contributed by atoms with Crippen molar-refractivity contribution in [3.63, 3.8) is 0 Å². The Bertz CT molecular complexity index is 1230. The molecule has 0 radical (unpaired) electrons. The fourth-order valence-corrected chi connectivity index (χ4v) is 3.25. The molecule has 1 aromatic carbocycles. The quantitative estimate of drug-likeness (QED) is 0.132. The maximum Gasteiger partial charge on any atom is 0.473 e. The van der Waals surface area contributed by atoms with Crippen LogP contribution in [-0.4, -0.2) is 35.4 Å². The summed E-state index contributed by atoms with van der Waals surface area (Å²) in [7, 11) is -2.97. The number of aromatic nitrogens is 2. The van der Waals surface area contributed by atoms with E-state index in [2.05, 4.69) is 24.5 Å². The third kappa shape index (κ3) is 8.67. The Kier molecular flexibility index (Phi) is 9.86. The maximum absolute atomic E-state index is 13.3. The number of pyridine rings is 1. The topological polar surface area (TPSA) is 142 Å². The van der Waals surface area contributed by atoms with Gasteiger partial charge in [0.15, 0.2) is 5.76 Å². The molecule has 2 aromatic heterocycles. The molecule has 3 aromatic rings. The summed E-state index contributed by atoms with van der Waals surface area (Å²) in [5.41, 5.74) is 8.34. The van der Waals surface area contributed by atoms with Crippen molar-refractivity contribution in [2.75, 3.05) is 20.4 Å². The minimum Gasteiger partial charge on any atom is -0.473 e. The molecule has 0 fully saturated rings. The molecule has 1 atom stereocenters. The summed E-state index contributed by atoms with van der Waals surface area (Å²) in [5.74, 6) is -0.538. The molecular formula is C23H25F2N4O6P. The number of nitrogens with two attached hydrogens (primary N) is 1. The van der Waals surface area contributed by atoms with E-state index in [-0.39, 0.29) is 19.9 Å². The van der Waals surface area contributed by atoms with E-state index in [1.807, 2.05) is 0 Å². The van der Waals surface area contributed by atoms with Crippen LogP contribution in [0.25, 0.3) is 5.57 Å². The van der Waals surface area contributed by atoms with Gasteiger partial charge < -0.3 is 25.2 Å². The lowest BCUT2D eigenvalue weighted by Gasteiger charge is -2.08. The molecule has 0 saturated heterocycles. The van der Waals surface area contributed by atoms with Gasteiger partial charge in [0.1, 0.15) is 25.0 Å². The van der Waals surface area contributed by atoms with Crippen LogP contribution in [0.3, 0.4) is 0 Å². The first-order valence-corrected chi connectivity index (χ1v) is 12.1. The SMILES string of the molecule is COP(=O)(O)OCN/C=C\C=C(/CN)c1cc(Cc2ccc(OCc3cc(F)cc(F)c3)nc2)no1. The number of hydrogen-bond acceptors (Lipinski definition) is 9. The number of nitrogens with one attached hydrogen (secondary N) is 1. The van der Waals surface area contributed by atoms with E-state index in [0.29, 0.717) is 34.9 Å². The van der Waals surface area contributed by atoms with Crippen LogP contribution < -0.4 is 15.8 Å². The second kappa shape index (κ2) is 13.1. The monoisotopic (exact) mass is 522 g/mol. The molecule has 0 spiro atoms. The molecule has 0 aliphatic carbocycles. The lowest BCUT2D eigenvalue weighted by atomic mass is 10.1. The first-order valence-electron chi connectivity index (χ1n) is 10.6. The number of phosphoric acid groups is 1. The molecule has 0 amide bonds. The van der Waals surface area contributed by atoms with Gasteiger partial charge in [-0.1, -0.05) is 17.3 Å². The average Bonchev–Trinajstić information content (AvgIpc) is 3.30. The highest BCUT2D eigenvalue weighted by molar-refractivity contribution is 7.47. The largest absolute Gasteiger partial charge is 0.473 e. The zero-order valence-corrected chi connectivity index (χ0v) is 20.2. The minimum absolute atomic E-state index is 0.0196. The number of halogens is 2. The van der Waals surface area contributed by atoms with Crippen molar-refractivity contribution >= 4 is 13.4 Å². The molecule has 0 aliphatic heterocycles. The molecule has 2 heterocycles. The highest BCUT2D eigenvalue weighted by Crippen LogP contribution is 2.41. The summed E-state index contributed by atoms with van der Waals surface area (Å²) in [6, 6.07) is 8.40. The Hall–Kier alpha value is -3.41. The minimum atomic E-state index is -4.04. The molecule has 0 bridgehead atoms. The first-order chi connectivity index (χ1) is 17.3. The van der Waals surface area contributed by atoms with Gasteiger partial charge >= 0.3 is 7.82 Å². The van der Waals surface area contributed by atoms with Gasteiger partial charge in [0.05, 0.1) is 5.69 Å². The zero-order chi connectivity index (χ0) is 26.0. The third-order valence-corrected chi connectivity index (χ3v) is 5.56. The van der Waals surface area contributed by atoms with Crippen molar-refractivity contribution < 1.29 is 36.5 Å². The smallest absolute Gasteiger partial charge is 0.473 e. The summed E-state index contributed by atoms with van der Waals surface area (Å²) < 4.78 is 57.5. The number of rotatable bonds is 13. The first kappa shape index (κ1) is 27.2. The van der Waals surface area contributed by atoms with Crippen molar-refractivity contribution in [3.05, 3.63) is 95.2 Å². The van der Waals surface area contributed by atoms with Gasteiger partial charge in [0.25, 0.3) is 0 Å².